The molecule has 6 nitrogen and oxygen atoms in total. The summed E-state index contributed by atoms with van der Waals surface area (Å²) < 4.78 is 33.0. The lowest BCUT2D eigenvalue weighted by Gasteiger charge is -2.26. The molecule has 0 atom stereocenters. The third-order valence-corrected chi connectivity index (χ3v) is 7.04. The molecule has 7 heteroatoms. The third-order valence-electron chi connectivity index (χ3n) is 5.00. The van der Waals surface area contributed by atoms with Gasteiger partial charge >= 0.3 is 0 Å². The van der Waals surface area contributed by atoms with Gasteiger partial charge in [-0.05, 0) is 62.1 Å². The van der Waals surface area contributed by atoms with E-state index in [4.69, 9.17) is 4.74 Å². The standard InChI is InChI=1S/C22H28N2O4S/c1-3-28-20-11-8-18(9-12-20)15-22(25)23-19-10-7-17(2)21(16-19)29(26,27)24-13-5-4-6-14-24/h7-12,16H,3-6,13-15H2,1-2H3,(H,23,25). The van der Waals surface area contributed by atoms with Crippen LogP contribution in [0.2, 0.25) is 0 Å². The van der Waals surface area contributed by atoms with Gasteiger partial charge in [-0.15, -0.1) is 0 Å². The number of aryl methyl sites for hydroxylation is 1. The first-order valence-corrected chi connectivity index (χ1v) is 11.5. The minimum atomic E-state index is -3.55. The molecule has 2 aromatic rings. The van der Waals surface area contributed by atoms with Gasteiger partial charge in [0.2, 0.25) is 15.9 Å². The van der Waals surface area contributed by atoms with Crippen LogP contribution in [0.4, 0.5) is 5.69 Å². The minimum absolute atomic E-state index is 0.195. The Balaban J connectivity index is 1.71. The molecule has 1 heterocycles. The number of nitrogens with one attached hydrogen (secondary N) is 1. The highest BCUT2D eigenvalue weighted by atomic mass is 32.2. The molecule has 1 aliphatic heterocycles. The van der Waals surface area contributed by atoms with Crippen molar-refractivity contribution in [2.75, 3.05) is 25.0 Å². The van der Waals surface area contributed by atoms with Crippen LogP contribution in [-0.4, -0.2) is 38.3 Å². The van der Waals surface area contributed by atoms with Gasteiger partial charge < -0.3 is 10.1 Å². The molecular formula is C22H28N2O4S. The third kappa shape index (κ3) is 5.36. The number of hydrogen-bond acceptors (Lipinski definition) is 4. The number of sulfonamides is 1. The predicted octanol–water partition coefficient (Wildman–Crippen LogP) is 3.75. The van der Waals surface area contributed by atoms with Crippen LogP contribution in [0.1, 0.15) is 37.3 Å². The van der Waals surface area contributed by atoms with E-state index in [1.165, 1.54) is 0 Å². The number of benzene rings is 2. The molecule has 29 heavy (non-hydrogen) atoms. The molecule has 0 saturated carbocycles. The van der Waals surface area contributed by atoms with Gasteiger partial charge in [-0.1, -0.05) is 24.6 Å². The lowest BCUT2D eigenvalue weighted by atomic mass is 10.1. The zero-order valence-electron chi connectivity index (χ0n) is 17.0. The Kier molecular flexibility index (Phi) is 6.92. The number of rotatable bonds is 7. The maximum Gasteiger partial charge on any atom is 0.243 e. The van der Waals surface area contributed by atoms with Crippen molar-refractivity contribution in [1.29, 1.82) is 0 Å². The molecule has 0 radical (unpaired) electrons. The van der Waals surface area contributed by atoms with E-state index in [0.29, 0.717) is 30.9 Å². The predicted molar refractivity (Wildman–Crippen MR) is 114 cm³/mol. The van der Waals surface area contributed by atoms with Crippen molar-refractivity contribution >= 4 is 21.6 Å². The monoisotopic (exact) mass is 416 g/mol. The lowest BCUT2D eigenvalue weighted by Crippen LogP contribution is -2.36. The van der Waals surface area contributed by atoms with E-state index in [9.17, 15) is 13.2 Å². The Hall–Kier alpha value is -2.38. The van der Waals surface area contributed by atoms with E-state index in [2.05, 4.69) is 5.32 Å². The highest BCUT2D eigenvalue weighted by Crippen LogP contribution is 2.26. The van der Waals surface area contributed by atoms with Crippen LogP contribution >= 0.6 is 0 Å². The normalized spacial score (nSPS) is 15.1. The molecule has 0 unspecified atom stereocenters. The molecule has 1 saturated heterocycles. The van der Waals surface area contributed by atoms with E-state index < -0.39 is 10.0 Å². The fourth-order valence-corrected chi connectivity index (χ4v) is 5.23. The maximum absolute atomic E-state index is 13.0. The average Bonchev–Trinajstić information content (AvgIpc) is 2.71. The van der Waals surface area contributed by atoms with Crippen LogP contribution in [0.3, 0.4) is 0 Å². The van der Waals surface area contributed by atoms with E-state index in [0.717, 1.165) is 30.6 Å². The van der Waals surface area contributed by atoms with Crippen LogP contribution < -0.4 is 10.1 Å². The molecule has 1 fully saturated rings. The van der Waals surface area contributed by atoms with Gasteiger partial charge in [0.1, 0.15) is 5.75 Å². The molecule has 0 aliphatic carbocycles. The van der Waals surface area contributed by atoms with Crippen molar-refractivity contribution < 1.29 is 17.9 Å². The summed E-state index contributed by atoms with van der Waals surface area (Å²) >= 11 is 0. The summed E-state index contributed by atoms with van der Waals surface area (Å²) in [5.74, 6) is 0.571. The number of anilines is 1. The topological polar surface area (TPSA) is 75.7 Å². The quantitative estimate of drug-likeness (QED) is 0.746. The number of nitrogens with zero attached hydrogens (tertiary/aromatic N) is 1. The number of ether oxygens (including phenoxy) is 1. The zero-order valence-corrected chi connectivity index (χ0v) is 17.8. The van der Waals surface area contributed by atoms with Crippen LogP contribution in [0.15, 0.2) is 47.4 Å². The Morgan fingerprint density at radius 2 is 1.76 bits per heavy atom. The van der Waals surface area contributed by atoms with E-state index in [-0.39, 0.29) is 17.2 Å². The summed E-state index contributed by atoms with van der Waals surface area (Å²) in [6.07, 6.45) is 3.04. The van der Waals surface area contributed by atoms with Crippen molar-refractivity contribution in [2.24, 2.45) is 0 Å². The fourth-order valence-electron chi connectivity index (χ4n) is 3.46. The van der Waals surface area contributed by atoms with Gasteiger partial charge in [0.25, 0.3) is 0 Å². The SMILES string of the molecule is CCOc1ccc(CC(=O)Nc2ccc(C)c(S(=O)(=O)N3CCCCC3)c2)cc1. The molecule has 2 aromatic carbocycles. The summed E-state index contributed by atoms with van der Waals surface area (Å²) in [6, 6.07) is 12.4. The molecule has 3 rings (SSSR count). The van der Waals surface area contributed by atoms with Crippen molar-refractivity contribution in [3.8, 4) is 5.75 Å². The van der Waals surface area contributed by atoms with Crippen molar-refractivity contribution in [3.05, 3.63) is 53.6 Å². The second-order valence-corrected chi connectivity index (χ2v) is 9.15. The summed E-state index contributed by atoms with van der Waals surface area (Å²) in [5.41, 5.74) is 2.03. The van der Waals surface area contributed by atoms with Crippen molar-refractivity contribution in [2.45, 2.75) is 44.4 Å². The van der Waals surface area contributed by atoms with Gasteiger partial charge in [-0.2, -0.15) is 4.31 Å². The van der Waals surface area contributed by atoms with Crippen LogP contribution in [-0.2, 0) is 21.2 Å². The maximum atomic E-state index is 13.0. The highest BCUT2D eigenvalue weighted by Gasteiger charge is 2.27. The van der Waals surface area contributed by atoms with Crippen molar-refractivity contribution in [1.82, 2.24) is 4.31 Å². The Bertz CT molecular complexity index is 949. The summed E-state index contributed by atoms with van der Waals surface area (Å²) in [6.45, 7) is 5.40. The number of piperidine rings is 1. The number of carbonyl (C=O) groups excluding carboxylic acids is 1. The minimum Gasteiger partial charge on any atom is -0.494 e. The van der Waals surface area contributed by atoms with E-state index in [1.807, 2.05) is 31.2 Å². The molecule has 1 aliphatic rings. The zero-order chi connectivity index (χ0) is 20.9. The van der Waals surface area contributed by atoms with Crippen LogP contribution in [0, 0.1) is 6.92 Å². The van der Waals surface area contributed by atoms with Gasteiger partial charge in [0.15, 0.2) is 0 Å². The molecule has 0 bridgehead atoms. The van der Waals surface area contributed by atoms with Crippen LogP contribution in [0.5, 0.6) is 5.75 Å². The number of amides is 1. The number of hydrogen-bond donors (Lipinski definition) is 1. The average molecular weight is 417 g/mol. The van der Waals surface area contributed by atoms with Gasteiger partial charge in [-0.25, -0.2) is 8.42 Å². The molecule has 1 amide bonds. The lowest BCUT2D eigenvalue weighted by molar-refractivity contribution is -0.115. The van der Waals surface area contributed by atoms with Gasteiger partial charge in [0.05, 0.1) is 17.9 Å². The summed E-state index contributed by atoms with van der Waals surface area (Å²) in [5, 5.41) is 2.82. The molecule has 0 aromatic heterocycles. The van der Waals surface area contributed by atoms with E-state index >= 15 is 0 Å². The van der Waals surface area contributed by atoms with Gasteiger partial charge in [0, 0.05) is 18.8 Å². The molecule has 156 valence electrons. The first kappa shape index (κ1) is 21.3. The largest absolute Gasteiger partial charge is 0.494 e. The van der Waals surface area contributed by atoms with Gasteiger partial charge in [-0.3, -0.25) is 4.79 Å². The number of carbonyl (C=O) groups is 1. The molecule has 0 spiro atoms. The van der Waals surface area contributed by atoms with Crippen molar-refractivity contribution in [3.63, 3.8) is 0 Å². The molecule has 1 N–H and O–H groups in total. The Morgan fingerprint density at radius 3 is 2.41 bits per heavy atom. The highest BCUT2D eigenvalue weighted by molar-refractivity contribution is 7.89. The smallest absolute Gasteiger partial charge is 0.243 e. The Labute approximate surface area is 172 Å². The summed E-state index contributed by atoms with van der Waals surface area (Å²) in [7, 11) is -3.55. The Morgan fingerprint density at radius 1 is 1.07 bits per heavy atom. The van der Waals surface area contributed by atoms with E-state index in [1.54, 1.807) is 29.4 Å². The second kappa shape index (κ2) is 9.41. The molecular weight excluding hydrogens is 388 g/mol. The first-order chi connectivity index (χ1) is 13.9. The second-order valence-electron chi connectivity index (χ2n) is 7.25. The summed E-state index contributed by atoms with van der Waals surface area (Å²) in [4.78, 5) is 12.7. The fraction of sp³-hybridized carbons (Fsp3) is 0.409. The van der Waals surface area contributed by atoms with Crippen LogP contribution in [0.25, 0.3) is 0 Å². The first-order valence-electron chi connectivity index (χ1n) is 10.0.